The molecule has 108 valence electrons. The third-order valence-corrected chi connectivity index (χ3v) is 4.55. The van der Waals surface area contributed by atoms with Crippen molar-refractivity contribution in [3.8, 4) is 10.6 Å². The molecule has 0 unspecified atom stereocenters. The van der Waals surface area contributed by atoms with Crippen LogP contribution in [0.25, 0.3) is 10.6 Å². The van der Waals surface area contributed by atoms with Gasteiger partial charge in [-0.05, 0) is 18.5 Å². The van der Waals surface area contributed by atoms with E-state index in [1.165, 1.54) is 0 Å². The molecule has 0 aliphatic heterocycles. The number of nitrogens with one attached hydrogen (secondary N) is 1. The number of hydrogen-bond donors (Lipinski definition) is 1. The topological polar surface area (TPSA) is 37.8 Å². The Morgan fingerprint density at radius 3 is 2.80 bits per heavy atom. The van der Waals surface area contributed by atoms with Crippen LogP contribution in [0.15, 0.2) is 18.2 Å². The molecule has 0 radical (unpaired) electrons. The normalized spacial score (nSPS) is 11.2. The van der Waals surface area contributed by atoms with Gasteiger partial charge in [0, 0.05) is 18.5 Å². The van der Waals surface area contributed by atoms with Gasteiger partial charge in [-0.1, -0.05) is 60.5 Å². The van der Waals surface area contributed by atoms with Crippen molar-refractivity contribution in [2.45, 2.75) is 20.3 Å². The minimum absolute atomic E-state index is 0.537. The number of hydrogen-bond acceptors (Lipinski definition) is 4. The van der Waals surface area contributed by atoms with E-state index < -0.39 is 0 Å². The number of rotatable bonds is 6. The first-order valence-electron chi connectivity index (χ1n) is 6.55. The minimum Gasteiger partial charge on any atom is -0.316 e. The molecule has 0 saturated carbocycles. The van der Waals surface area contributed by atoms with Gasteiger partial charge in [0.25, 0.3) is 0 Å². The van der Waals surface area contributed by atoms with Gasteiger partial charge in [-0.15, -0.1) is 10.2 Å². The van der Waals surface area contributed by atoms with E-state index >= 15 is 0 Å². The quantitative estimate of drug-likeness (QED) is 0.803. The van der Waals surface area contributed by atoms with Gasteiger partial charge >= 0.3 is 0 Å². The lowest BCUT2D eigenvalue weighted by atomic mass is 10.2. The molecule has 0 aliphatic rings. The fourth-order valence-corrected chi connectivity index (χ4v) is 3.04. The van der Waals surface area contributed by atoms with Crippen molar-refractivity contribution >= 4 is 34.5 Å². The fourth-order valence-electron chi connectivity index (χ4n) is 1.72. The molecular formula is C14H17Cl2N3S. The van der Waals surface area contributed by atoms with Gasteiger partial charge in [-0.25, -0.2) is 0 Å². The highest BCUT2D eigenvalue weighted by Gasteiger charge is 2.12. The molecule has 0 amide bonds. The zero-order valence-corrected chi connectivity index (χ0v) is 13.8. The van der Waals surface area contributed by atoms with Gasteiger partial charge in [0.1, 0.15) is 10.0 Å². The molecule has 3 nitrogen and oxygen atoms in total. The summed E-state index contributed by atoms with van der Waals surface area (Å²) in [6, 6.07) is 5.55. The van der Waals surface area contributed by atoms with Crippen LogP contribution in [0.4, 0.5) is 0 Å². The Kier molecular flexibility index (Phi) is 5.78. The summed E-state index contributed by atoms with van der Waals surface area (Å²) in [7, 11) is 0. The Balaban J connectivity index is 2.00. The Labute approximate surface area is 133 Å². The second-order valence-electron chi connectivity index (χ2n) is 4.95. The summed E-state index contributed by atoms with van der Waals surface area (Å²) in [6.07, 6.45) is 0.878. The van der Waals surface area contributed by atoms with Crippen molar-refractivity contribution in [3.63, 3.8) is 0 Å². The van der Waals surface area contributed by atoms with Gasteiger partial charge in [0.05, 0.1) is 10.0 Å². The fraction of sp³-hybridized carbons (Fsp3) is 0.429. The van der Waals surface area contributed by atoms with Crippen molar-refractivity contribution in [3.05, 3.63) is 33.3 Å². The number of nitrogens with zero attached hydrogens (tertiary/aromatic N) is 2. The molecule has 1 aromatic carbocycles. The van der Waals surface area contributed by atoms with Gasteiger partial charge in [-0.3, -0.25) is 0 Å². The first-order chi connectivity index (χ1) is 9.58. The first kappa shape index (κ1) is 15.7. The van der Waals surface area contributed by atoms with Crippen molar-refractivity contribution in [2.24, 2.45) is 5.92 Å². The molecule has 2 aromatic rings. The van der Waals surface area contributed by atoms with Crippen molar-refractivity contribution in [2.75, 3.05) is 13.1 Å². The van der Waals surface area contributed by atoms with E-state index in [9.17, 15) is 0 Å². The lowest BCUT2D eigenvalue weighted by Gasteiger charge is -2.05. The second kappa shape index (κ2) is 7.36. The van der Waals surface area contributed by atoms with Gasteiger partial charge in [0.15, 0.2) is 0 Å². The highest BCUT2D eigenvalue weighted by molar-refractivity contribution is 7.14. The maximum absolute atomic E-state index is 6.19. The van der Waals surface area contributed by atoms with E-state index in [0.717, 1.165) is 35.1 Å². The largest absolute Gasteiger partial charge is 0.316 e. The molecule has 1 aromatic heterocycles. The van der Waals surface area contributed by atoms with Crippen LogP contribution in [0.2, 0.25) is 10.0 Å². The van der Waals surface area contributed by atoms with Crippen LogP contribution < -0.4 is 5.32 Å². The molecule has 0 spiro atoms. The van der Waals surface area contributed by atoms with Crippen molar-refractivity contribution in [1.82, 2.24) is 15.5 Å². The zero-order valence-electron chi connectivity index (χ0n) is 11.5. The molecule has 1 heterocycles. The van der Waals surface area contributed by atoms with Crippen molar-refractivity contribution in [1.29, 1.82) is 0 Å². The van der Waals surface area contributed by atoms with E-state index in [2.05, 4.69) is 29.4 Å². The van der Waals surface area contributed by atoms with Crippen LogP contribution >= 0.6 is 34.5 Å². The average molecular weight is 330 g/mol. The summed E-state index contributed by atoms with van der Waals surface area (Å²) in [5, 5.41) is 14.7. The highest BCUT2D eigenvalue weighted by atomic mass is 35.5. The predicted molar refractivity (Wildman–Crippen MR) is 86.8 cm³/mol. The summed E-state index contributed by atoms with van der Waals surface area (Å²) >= 11 is 13.8. The lowest BCUT2D eigenvalue weighted by Crippen LogP contribution is -2.22. The number of halogens is 2. The molecule has 0 bridgehead atoms. The van der Waals surface area contributed by atoms with Crippen LogP contribution in [0.1, 0.15) is 18.9 Å². The van der Waals surface area contributed by atoms with Crippen LogP contribution in [-0.2, 0) is 6.42 Å². The van der Waals surface area contributed by atoms with Gasteiger partial charge in [-0.2, -0.15) is 0 Å². The van der Waals surface area contributed by atoms with E-state index in [-0.39, 0.29) is 0 Å². The van der Waals surface area contributed by atoms with Crippen LogP contribution in [0.5, 0.6) is 0 Å². The van der Waals surface area contributed by atoms with Crippen molar-refractivity contribution < 1.29 is 0 Å². The Morgan fingerprint density at radius 2 is 2.05 bits per heavy atom. The maximum Gasteiger partial charge on any atom is 0.149 e. The summed E-state index contributed by atoms with van der Waals surface area (Å²) in [5.74, 6) is 0.658. The summed E-state index contributed by atoms with van der Waals surface area (Å²) in [5.41, 5.74) is 0.845. The van der Waals surface area contributed by atoms with Gasteiger partial charge < -0.3 is 5.32 Å². The summed E-state index contributed by atoms with van der Waals surface area (Å²) in [4.78, 5) is 0. The van der Waals surface area contributed by atoms with Crippen LogP contribution in [-0.4, -0.2) is 23.3 Å². The lowest BCUT2D eigenvalue weighted by molar-refractivity contribution is 0.553. The molecule has 2 rings (SSSR count). The SMILES string of the molecule is CC(C)CNCCc1nnc(-c2cccc(Cl)c2Cl)s1. The van der Waals surface area contributed by atoms with E-state index in [4.69, 9.17) is 23.2 Å². The molecule has 1 N–H and O–H groups in total. The highest BCUT2D eigenvalue weighted by Crippen LogP contribution is 2.34. The molecular weight excluding hydrogens is 313 g/mol. The zero-order chi connectivity index (χ0) is 14.5. The minimum atomic E-state index is 0.537. The third-order valence-electron chi connectivity index (χ3n) is 2.72. The third kappa shape index (κ3) is 4.16. The van der Waals surface area contributed by atoms with E-state index in [1.807, 2.05) is 12.1 Å². The van der Waals surface area contributed by atoms with Crippen LogP contribution in [0.3, 0.4) is 0 Å². The Morgan fingerprint density at radius 1 is 1.25 bits per heavy atom. The van der Waals surface area contributed by atoms with Crippen LogP contribution in [0, 0.1) is 5.92 Å². The number of aromatic nitrogens is 2. The standard InChI is InChI=1S/C14H17Cl2N3S/c1-9(2)8-17-7-6-12-18-19-14(20-12)10-4-3-5-11(15)13(10)16/h3-5,9,17H,6-8H2,1-2H3. The monoisotopic (exact) mass is 329 g/mol. The first-order valence-corrected chi connectivity index (χ1v) is 8.12. The molecule has 20 heavy (non-hydrogen) atoms. The predicted octanol–water partition coefficient (Wildman–Crippen LogP) is 4.30. The molecule has 0 atom stereocenters. The molecule has 0 fully saturated rings. The molecule has 0 saturated heterocycles. The maximum atomic E-state index is 6.19. The Hall–Kier alpha value is -0.680. The number of benzene rings is 1. The Bertz CT molecular complexity index is 569. The molecule has 0 aliphatic carbocycles. The molecule has 6 heteroatoms. The second-order valence-corrected chi connectivity index (χ2v) is 6.80. The average Bonchev–Trinajstić information content (AvgIpc) is 2.86. The summed E-state index contributed by atoms with van der Waals surface area (Å²) < 4.78 is 0. The van der Waals surface area contributed by atoms with E-state index in [1.54, 1.807) is 17.4 Å². The van der Waals surface area contributed by atoms with Gasteiger partial charge in [0.2, 0.25) is 0 Å². The summed E-state index contributed by atoms with van der Waals surface area (Å²) in [6.45, 7) is 6.32. The van der Waals surface area contributed by atoms with E-state index in [0.29, 0.717) is 16.0 Å². The smallest absolute Gasteiger partial charge is 0.149 e.